The summed E-state index contributed by atoms with van der Waals surface area (Å²) in [6, 6.07) is 1.26. The van der Waals surface area contributed by atoms with Crippen molar-refractivity contribution in [2.24, 2.45) is 5.92 Å². The molecule has 2 aliphatic heterocycles. The van der Waals surface area contributed by atoms with Crippen LogP contribution in [0, 0.1) is 18.7 Å². The Kier molecular flexibility index (Phi) is 5.46. The van der Waals surface area contributed by atoms with Crippen LogP contribution in [0.4, 0.5) is 4.39 Å². The maximum atomic E-state index is 14.8. The molecule has 0 saturated carbocycles. The Bertz CT molecular complexity index is 1310. The van der Waals surface area contributed by atoms with Gasteiger partial charge in [-0.1, -0.05) is 6.92 Å². The van der Waals surface area contributed by atoms with Gasteiger partial charge in [-0.3, -0.25) is 14.4 Å². The highest BCUT2D eigenvalue weighted by Crippen LogP contribution is 2.45. The molecule has 1 aliphatic carbocycles. The maximum Gasteiger partial charge on any atom is 0.313 e. The van der Waals surface area contributed by atoms with Crippen molar-refractivity contribution in [2.75, 3.05) is 13.7 Å². The van der Waals surface area contributed by atoms with E-state index in [2.05, 4.69) is 5.32 Å². The van der Waals surface area contributed by atoms with Gasteiger partial charge in [-0.2, -0.15) is 0 Å². The number of aromatic nitrogens is 1. The number of aryl methyl sites for hydroxylation is 1. The molecule has 0 radical (unpaired) electrons. The van der Waals surface area contributed by atoms with Gasteiger partial charge in [0, 0.05) is 36.2 Å². The molecule has 0 saturated heterocycles. The number of nitrogens with zero attached hydrogens (tertiary/aromatic N) is 2. The molecule has 3 aliphatic rings. The molecule has 2 aromatic rings. The summed E-state index contributed by atoms with van der Waals surface area (Å²) in [5.74, 6) is -1.18. The SMILES string of the molecule is CC[C@H]1C(=O)OCC(C=O)=C1/C=C1/c2nc3cc(F)c(C)c4c3c(c2CN1C)C(NC=O)CC4. The molecule has 1 aromatic heterocycles. The van der Waals surface area contributed by atoms with Gasteiger partial charge in [0.25, 0.3) is 0 Å². The first-order valence-corrected chi connectivity index (χ1v) is 11.5. The van der Waals surface area contributed by atoms with Crippen molar-refractivity contribution < 1.29 is 23.5 Å². The van der Waals surface area contributed by atoms with Crippen LogP contribution in [0.2, 0.25) is 0 Å². The van der Waals surface area contributed by atoms with Gasteiger partial charge in [-0.05, 0) is 54.5 Å². The summed E-state index contributed by atoms with van der Waals surface area (Å²) in [7, 11) is 1.92. The molecule has 1 N–H and O–H groups in total. The number of benzene rings is 1. The largest absolute Gasteiger partial charge is 0.460 e. The summed E-state index contributed by atoms with van der Waals surface area (Å²) in [5.41, 5.74) is 6.58. The number of amides is 1. The summed E-state index contributed by atoms with van der Waals surface area (Å²) in [4.78, 5) is 42.4. The minimum absolute atomic E-state index is 0.0515. The van der Waals surface area contributed by atoms with Crippen molar-refractivity contribution in [3.8, 4) is 0 Å². The zero-order valence-corrected chi connectivity index (χ0v) is 19.4. The van der Waals surface area contributed by atoms with Crippen molar-refractivity contribution in [1.82, 2.24) is 15.2 Å². The number of carbonyl (C=O) groups is 3. The van der Waals surface area contributed by atoms with E-state index in [1.54, 1.807) is 6.92 Å². The third-order valence-electron chi connectivity index (χ3n) is 7.34. The van der Waals surface area contributed by atoms with E-state index in [-0.39, 0.29) is 24.4 Å². The first-order chi connectivity index (χ1) is 16.4. The number of nitrogens with one attached hydrogen (secondary N) is 1. The molecular weight excluding hydrogens is 437 g/mol. The molecule has 0 bridgehead atoms. The average molecular weight is 464 g/mol. The molecule has 1 amide bonds. The van der Waals surface area contributed by atoms with Crippen LogP contribution in [-0.4, -0.2) is 42.2 Å². The lowest BCUT2D eigenvalue weighted by Crippen LogP contribution is -2.27. The van der Waals surface area contributed by atoms with Gasteiger partial charge in [0.15, 0.2) is 0 Å². The second-order valence-corrected chi connectivity index (χ2v) is 9.14. The Labute approximate surface area is 196 Å². The van der Waals surface area contributed by atoms with Crippen LogP contribution in [0.5, 0.6) is 0 Å². The number of hydrogen-bond acceptors (Lipinski definition) is 6. The van der Waals surface area contributed by atoms with E-state index in [4.69, 9.17) is 9.72 Å². The topological polar surface area (TPSA) is 88.6 Å². The van der Waals surface area contributed by atoms with Gasteiger partial charge in [0.1, 0.15) is 18.7 Å². The zero-order valence-electron chi connectivity index (χ0n) is 19.4. The van der Waals surface area contributed by atoms with E-state index in [0.717, 1.165) is 34.1 Å². The average Bonchev–Trinajstić information content (AvgIpc) is 3.13. The highest BCUT2D eigenvalue weighted by molar-refractivity contribution is 5.93. The number of carbonyl (C=O) groups excluding carboxylic acids is 3. The molecule has 1 aromatic carbocycles. The summed E-state index contributed by atoms with van der Waals surface area (Å²) < 4.78 is 20.0. The summed E-state index contributed by atoms with van der Waals surface area (Å²) in [6.07, 6.45) is 5.14. The van der Waals surface area contributed by atoms with Crippen LogP contribution in [0.3, 0.4) is 0 Å². The van der Waals surface area contributed by atoms with E-state index in [0.29, 0.717) is 60.1 Å². The lowest BCUT2D eigenvalue weighted by atomic mass is 9.82. The normalized spacial score (nSPS) is 22.8. The fourth-order valence-corrected chi connectivity index (χ4v) is 5.59. The standard InChI is InChI=1S/C26H26FN3O4/c1-4-15-17(14(10-31)11-34-26(15)33)7-22-25-18(9-30(22)3)24-20(28-12-32)6-5-16-13(2)19(27)8-21(29-25)23(16)24/h7-8,10,12,15,20H,4-6,9,11H2,1-3H3,(H,28,32)/b22-7-/t15-,20?/m1/s1. The number of rotatable bonds is 5. The number of hydrogen-bond donors (Lipinski definition) is 1. The summed E-state index contributed by atoms with van der Waals surface area (Å²) in [6.45, 7) is 4.16. The lowest BCUT2D eigenvalue weighted by molar-refractivity contribution is -0.147. The number of esters is 1. The molecule has 5 rings (SSSR count). The van der Waals surface area contributed by atoms with Crippen molar-refractivity contribution in [3.63, 3.8) is 0 Å². The fourth-order valence-electron chi connectivity index (χ4n) is 5.59. The first-order valence-electron chi connectivity index (χ1n) is 11.5. The number of cyclic esters (lactones) is 1. The molecule has 34 heavy (non-hydrogen) atoms. The highest BCUT2D eigenvalue weighted by Gasteiger charge is 2.36. The summed E-state index contributed by atoms with van der Waals surface area (Å²) >= 11 is 0. The molecule has 0 fully saturated rings. The minimum Gasteiger partial charge on any atom is -0.460 e. The fraction of sp³-hybridized carbons (Fsp3) is 0.385. The van der Waals surface area contributed by atoms with Gasteiger partial charge < -0.3 is 15.0 Å². The predicted molar refractivity (Wildman–Crippen MR) is 124 cm³/mol. The van der Waals surface area contributed by atoms with E-state index in [9.17, 15) is 18.8 Å². The molecule has 8 heteroatoms. The Morgan fingerprint density at radius 3 is 2.82 bits per heavy atom. The van der Waals surface area contributed by atoms with Crippen molar-refractivity contribution in [1.29, 1.82) is 0 Å². The maximum absolute atomic E-state index is 14.8. The van der Waals surface area contributed by atoms with Crippen LogP contribution in [0.15, 0.2) is 23.3 Å². The van der Waals surface area contributed by atoms with Crippen LogP contribution >= 0.6 is 0 Å². The molecule has 3 heterocycles. The molecule has 176 valence electrons. The van der Waals surface area contributed by atoms with Crippen LogP contribution in [0.25, 0.3) is 16.6 Å². The molecular formula is C26H26FN3O4. The summed E-state index contributed by atoms with van der Waals surface area (Å²) in [5, 5.41) is 3.86. The number of aldehydes is 1. The third kappa shape index (κ3) is 3.23. The smallest absolute Gasteiger partial charge is 0.313 e. The number of halogens is 1. The quantitative estimate of drug-likeness (QED) is 0.541. The molecule has 0 spiro atoms. The Morgan fingerprint density at radius 1 is 1.32 bits per heavy atom. The van der Waals surface area contributed by atoms with Crippen molar-refractivity contribution in [2.45, 2.75) is 45.7 Å². The van der Waals surface area contributed by atoms with E-state index in [1.165, 1.54) is 6.07 Å². The second kappa shape index (κ2) is 8.34. The predicted octanol–water partition coefficient (Wildman–Crippen LogP) is 3.28. The first kappa shape index (κ1) is 22.3. The Morgan fingerprint density at radius 2 is 2.12 bits per heavy atom. The van der Waals surface area contributed by atoms with Gasteiger partial charge in [-0.15, -0.1) is 0 Å². The van der Waals surface area contributed by atoms with Gasteiger partial charge in [-0.25, -0.2) is 9.37 Å². The lowest BCUT2D eigenvalue weighted by Gasteiger charge is -2.28. The van der Waals surface area contributed by atoms with Crippen molar-refractivity contribution >= 4 is 35.3 Å². The van der Waals surface area contributed by atoms with Crippen LogP contribution in [-0.2, 0) is 32.1 Å². The van der Waals surface area contributed by atoms with E-state index in [1.807, 2.05) is 24.9 Å². The molecule has 2 atom stereocenters. The second-order valence-electron chi connectivity index (χ2n) is 9.14. The van der Waals surface area contributed by atoms with Crippen LogP contribution in [0.1, 0.15) is 53.8 Å². The van der Waals surface area contributed by atoms with Crippen molar-refractivity contribution in [3.05, 3.63) is 57.1 Å². The number of ether oxygens (including phenoxy) is 1. The highest BCUT2D eigenvalue weighted by atomic mass is 19.1. The van der Waals surface area contributed by atoms with E-state index < -0.39 is 5.92 Å². The minimum atomic E-state index is -0.533. The van der Waals surface area contributed by atoms with E-state index >= 15 is 0 Å². The van der Waals surface area contributed by atoms with Gasteiger partial charge >= 0.3 is 5.97 Å². The molecule has 7 nitrogen and oxygen atoms in total. The van der Waals surface area contributed by atoms with Crippen LogP contribution < -0.4 is 5.32 Å². The van der Waals surface area contributed by atoms with Gasteiger partial charge in [0.2, 0.25) is 6.41 Å². The zero-order chi connectivity index (χ0) is 24.1. The van der Waals surface area contributed by atoms with Gasteiger partial charge in [0.05, 0.1) is 28.9 Å². The molecule has 1 unspecified atom stereocenters. The number of fused-ring (bicyclic) bond motifs is 2. The number of allylic oxidation sites excluding steroid dienone is 1. The monoisotopic (exact) mass is 463 g/mol. The number of pyridine rings is 1. The Hall–Kier alpha value is -3.55. The Balaban J connectivity index is 1.78. The third-order valence-corrected chi connectivity index (χ3v) is 7.34.